The van der Waals surface area contributed by atoms with Crippen LogP contribution in [-0.2, 0) is 0 Å². The van der Waals surface area contributed by atoms with Crippen LogP contribution in [0, 0.1) is 6.92 Å². The van der Waals surface area contributed by atoms with E-state index in [0.717, 1.165) is 18.7 Å². The molecule has 1 aliphatic heterocycles. The largest absolute Gasteiger partial charge is 0.329 e. The predicted molar refractivity (Wildman–Crippen MR) is 84.9 cm³/mol. The van der Waals surface area contributed by atoms with Gasteiger partial charge in [0.05, 0.1) is 17.3 Å². The second-order valence-corrected chi connectivity index (χ2v) is 5.03. The molecule has 1 amide bonds. The van der Waals surface area contributed by atoms with Gasteiger partial charge in [-0.05, 0) is 18.6 Å². The fourth-order valence-electron chi connectivity index (χ4n) is 2.57. The number of aromatic nitrogens is 3. The Kier molecular flexibility index (Phi) is 5.41. The smallest absolute Gasteiger partial charge is 0.257 e. The van der Waals surface area contributed by atoms with Crippen molar-refractivity contribution in [1.82, 2.24) is 25.2 Å². The lowest BCUT2D eigenvalue weighted by Crippen LogP contribution is -2.48. The van der Waals surface area contributed by atoms with Crippen molar-refractivity contribution in [3.05, 3.63) is 53.9 Å². The average molecular weight is 320 g/mol. The molecular formula is C15H18ClN5O. The number of pyridine rings is 1. The van der Waals surface area contributed by atoms with Crippen LogP contribution in [0.25, 0.3) is 0 Å². The highest BCUT2D eigenvalue weighted by Crippen LogP contribution is 2.23. The molecule has 1 saturated heterocycles. The van der Waals surface area contributed by atoms with Crippen LogP contribution in [0.1, 0.15) is 27.7 Å². The highest BCUT2D eigenvalue weighted by molar-refractivity contribution is 5.95. The van der Waals surface area contributed by atoms with Crippen LogP contribution in [0.15, 0.2) is 37.1 Å². The molecule has 1 fully saturated rings. The van der Waals surface area contributed by atoms with Gasteiger partial charge in [-0.2, -0.15) is 0 Å². The molecule has 0 radical (unpaired) electrons. The van der Waals surface area contributed by atoms with Crippen LogP contribution in [0.4, 0.5) is 0 Å². The van der Waals surface area contributed by atoms with Gasteiger partial charge in [-0.15, -0.1) is 12.4 Å². The van der Waals surface area contributed by atoms with Crippen LogP contribution in [-0.4, -0.2) is 45.4 Å². The number of carbonyl (C=O) groups excluding carboxylic acids is 1. The van der Waals surface area contributed by atoms with E-state index in [1.807, 2.05) is 30.2 Å². The first-order chi connectivity index (χ1) is 10.3. The Labute approximate surface area is 135 Å². The Hall–Kier alpha value is -2.05. The molecule has 3 heterocycles. The van der Waals surface area contributed by atoms with Crippen LogP contribution in [0.5, 0.6) is 0 Å². The summed E-state index contributed by atoms with van der Waals surface area (Å²) >= 11 is 0. The molecule has 2 aromatic heterocycles. The highest BCUT2D eigenvalue weighted by Gasteiger charge is 2.29. The number of piperazine rings is 1. The van der Waals surface area contributed by atoms with Crippen molar-refractivity contribution in [3.63, 3.8) is 0 Å². The number of aryl methyl sites for hydroxylation is 1. The van der Waals surface area contributed by atoms with Gasteiger partial charge in [0.2, 0.25) is 0 Å². The quantitative estimate of drug-likeness (QED) is 0.905. The minimum absolute atomic E-state index is 0. The van der Waals surface area contributed by atoms with Gasteiger partial charge in [0, 0.05) is 38.2 Å². The minimum Gasteiger partial charge on any atom is -0.329 e. The second-order valence-electron chi connectivity index (χ2n) is 5.03. The van der Waals surface area contributed by atoms with E-state index in [-0.39, 0.29) is 24.4 Å². The molecule has 1 unspecified atom stereocenters. The Morgan fingerprint density at radius 1 is 1.36 bits per heavy atom. The number of carbonyl (C=O) groups is 1. The van der Waals surface area contributed by atoms with E-state index in [4.69, 9.17) is 0 Å². The molecule has 3 rings (SSSR count). The lowest BCUT2D eigenvalue weighted by Gasteiger charge is -2.36. The summed E-state index contributed by atoms with van der Waals surface area (Å²) in [4.78, 5) is 26.9. The molecule has 1 N–H and O–H groups in total. The zero-order valence-corrected chi connectivity index (χ0v) is 13.1. The number of amides is 1. The van der Waals surface area contributed by atoms with Crippen LogP contribution < -0.4 is 5.32 Å². The summed E-state index contributed by atoms with van der Waals surface area (Å²) in [7, 11) is 0. The number of hydrogen-bond acceptors (Lipinski definition) is 5. The summed E-state index contributed by atoms with van der Waals surface area (Å²) in [6.45, 7) is 4.00. The topological polar surface area (TPSA) is 71.0 Å². The van der Waals surface area contributed by atoms with Gasteiger partial charge in [0.1, 0.15) is 6.33 Å². The van der Waals surface area contributed by atoms with Crippen molar-refractivity contribution < 1.29 is 4.79 Å². The van der Waals surface area contributed by atoms with Gasteiger partial charge in [0.25, 0.3) is 5.91 Å². The maximum atomic E-state index is 12.8. The molecule has 1 aliphatic rings. The van der Waals surface area contributed by atoms with Gasteiger partial charge < -0.3 is 10.2 Å². The molecular weight excluding hydrogens is 302 g/mol. The number of halogens is 1. The fraction of sp³-hybridized carbons (Fsp3) is 0.333. The molecule has 22 heavy (non-hydrogen) atoms. The van der Waals surface area contributed by atoms with Gasteiger partial charge in [-0.25, -0.2) is 9.97 Å². The Morgan fingerprint density at radius 2 is 2.23 bits per heavy atom. The van der Waals surface area contributed by atoms with E-state index in [1.165, 1.54) is 6.33 Å². The SMILES string of the molecule is Cc1ncncc1C(=O)N1CCNCC1c1cccnc1.Cl. The van der Waals surface area contributed by atoms with E-state index in [0.29, 0.717) is 17.8 Å². The van der Waals surface area contributed by atoms with Crippen molar-refractivity contribution >= 4 is 18.3 Å². The summed E-state index contributed by atoms with van der Waals surface area (Å²) < 4.78 is 0. The lowest BCUT2D eigenvalue weighted by atomic mass is 10.0. The van der Waals surface area contributed by atoms with Gasteiger partial charge in [-0.3, -0.25) is 9.78 Å². The number of rotatable bonds is 2. The van der Waals surface area contributed by atoms with E-state index in [1.54, 1.807) is 12.4 Å². The van der Waals surface area contributed by atoms with E-state index in [2.05, 4.69) is 20.3 Å². The molecule has 6 nitrogen and oxygen atoms in total. The first-order valence-corrected chi connectivity index (χ1v) is 6.95. The lowest BCUT2D eigenvalue weighted by molar-refractivity contribution is 0.0632. The van der Waals surface area contributed by atoms with Crippen LogP contribution in [0.2, 0.25) is 0 Å². The maximum absolute atomic E-state index is 12.8. The molecule has 0 spiro atoms. The predicted octanol–water partition coefficient (Wildman–Crippen LogP) is 1.39. The van der Waals surface area contributed by atoms with Crippen molar-refractivity contribution in [1.29, 1.82) is 0 Å². The Balaban J connectivity index is 0.00000176. The number of nitrogens with zero attached hydrogens (tertiary/aromatic N) is 4. The minimum atomic E-state index is -0.0246. The first-order valence-electron chi connectivity index (χ1n) is 6.95. The molecule has 0 aliphatic carbocycles. The molecule has 2 aromatic rings. The Morgan fingerprint density at radius 3 is 2.95 bits per heavy atom. The van der Waals surface area contributed by atoms with E-state index in [9.17, 15) is 4.79 Å². The Bertz CT molecular complexity index is 637. The van der Waals surface area contributed by atoms with Gasteiger partial charge in [0.15, 0.2) is 0 Å². The zero-order chi connectivity index (χ0) is 14.7. The van der Waals surface area contributed by atoms with Gasteiger partial charge in [-0.1, -0.05) is 6.07 Å². The first kappa shape index (κ1) is 16.3. The monoisotopic (exact) mass is 319 g/mol. The normalized spacial score (nSPS) is 17.7. The highest BCUT2D eigenvalue weighted by atomic mass is 35.5. The molecule has 0 aromatic carbocycles. The summed E-state index contributed by atoms with van der Waals surface area (Å²) in [6, 6.07) is 3.88. The molecule has 7 heteroatoms. The standard InChI is InChI=1S/C15H17N5O.ClH/c1-11-13(8-18-10-19-11)15(21)20-6-5-17-9-14(20)12-3-2-4-16-7-12;/h2-4,7-8,10,14,17H,5-6,9H2,1H3;1H. The van der Waals surface area contributed by atoms with Crippen LogP contribution in [0.3, 0.4) is 0 Å². The molecule has 0 bridgehead atoms. The summed E-state index contributed by atoms with van der Waals surface area (Å²) in [5, 5.41) is 3.33. The third-order valence-electron chi connectivity index (χ3n) is 3.72. The maximum Gasteiger partial charge on any atom is 0.257 e. The summed E-state index contributed by atoms with van der Waals surface area (Å²) in [6.07, 6.45) is 6.60. The second kappa shape index (κ2) is 7.29. The zero-order valence-electron chi connectivity index (χ0n) is 12.3. The van der Waals surface area contributed by atoms with Crippen molar-refractivity contribution in [2.24, 2.45) is 0 Å². The summed E-state index contributed by atoms with van der Waals surface area (Å²) in [5.41, 5.74) is 2.30. The van der Waals surface area contributed by atoms with Crippen molar-refractivity contribution in [2.75, 3.05) is 19.6 Å². The average Bonchev–Trinajstić information content (AvgIpc) is 2.55. The van der Waals surface area contributed by atoms with Crippen molar-refractivity contribution in [3.8, 4) is 0 Å². The third kappa shape index (κ3) is 3.23. The van der Waals surface area contributed by atoms with Crippen molar-refractivity contribution in [2.45, 2.75) is 13.0 Å². The fourth-order valence-corrected chi connectivity index (χ4v) is 2.57. The number of nitrogens with one attached hydrogen (secondary N) is 1. The summed E-state index contributed by atoms with van der Waals surface area (Å²) in [5.74, 6) is -0.0246. The van der Waals surface area contributed by atoms with E-state index < -0.39 is 0 Å². The van der Waals surface area contributed by atoms with Gasteiger partial charge >= 0.3 is 0 Å². The van der Waals surface area contributed by atoms with Crippen LogP contribution >= 0.6 is 12.4 Å². The number of hydrogen-bond donors (Lipinski definition) is 1. The van der Waals surface area contributed by atoms with E-state index >= 15 is 0 Å². The third-order valence-corrected chi connectivity index (χ3v) is 3.72. The molecule has 1 atom stereocenters. The molecule has 0 saturated carbocycles. The molecule has 116 valence electrons.